The van der Waals surface area contributed by atoms with Crippen molar-refractivity contribution in [2.24, 2.45) is 0 Å². The van der Waals surface area contributed by atoms with E-state index in [1.54, 1.807) is 0 Å². The number of pyridine rings is 1. The molecule has 0 radical (unpaired) electrons. The SMILES string of the molecule is CC1(C)c2ccccc2-c2c1ccc1c2c2ccccc2n1-c1cc(-c2ccc(C#N)cc2)cc(-c2cc(-c3ccccc3)c3ccccc3n2)c1. The van der Waals surface area contributed by atoms with Crippen LogP contribution < -0.4 is 0 Å². The molecule has 0 fully saturated rings. The molecule has 2 aromatic heterocycles. The van der Waals surface area contributed by atoms with E-state index in [1.807, 2.05) is 24.3 Å². The second-order valence-corrected chi connectivity index (χ2v) is 14.3. The molecule has 244 valence electrons. The van der Waals surface area contributed by atoms with E-state index in [0.29, 0.717) is 5.56 Å². The molecule has 10 rings (SSSR count). The summed E-state index contributed by atoms with van der Waals surface area (Å²) in [5, 5.41) is 13.2. The van der Waals surface area contributed by atoms with Crippen molar-refractivity contribution in [1.29, 1.82) is 5.26 Å². The van der Waals surface area contributed by atoms with Crippen LogP contribution in [0.1, 0.15) is 30.5 Å². The molecule has 7 aromatic carbocycles. The number of benzene rings is 7. The Balaban J connectivity index is 1.28. The lowest BCUT2D eigenvalue weighted by molar-refractivity contribution is 0.661. The van der Waals surface area contributed by atoms with Crippen molar-refractivity contribution in [3.63, 3.8) is 0 Å². The third-order valence-corrected chi connectivity index (χ3v) is 11.0. The first kappa shape index (κ1) is 30.1. The highest BCUT2D eigenvalue weighted by molar-refractivity contribution is 6.18. The predicted molar refractivity (Wildman–Crippen MR) is 215 cm³/mol. The van der Waals surface area contributed by atoms with Crippen LogP contribution in [0.5, 0.6) is 0 Å². The Kier molecular flexibility index (Phi) is 6.59. The molecule has 3 heteroatoms. The maximum absolute atomic E-state index is 9.57. The first-order valence-corrected chi connectivity index (χ1v) is 17.8. The normalized spacial score (nSPS) is 12.9. The van der Waals surface area contributed by atoms with E-state index < -0.39 is 0 Å². The molecule has 0 saturated carbocycles. The maximum atomic E-state index is 9.57. The number of hydrogen-bond acceptors (Lipinski definition) is 2. The Labute approximate surface area is 302 Å². The third-order valence-electron chi connectivity index (χ3n) is 11.0. The van der Waals surface area contributed by atoms with Gasteiger partial charge >= 0.3 is 0 Å². The minimum Gasteiger partial charge on any atom is -0.309 e. The second kappa shape index (κ2) is 11.4. The number of para-hydroxylation sites is 2. The van der Waals surface area contributed by atoms with E-state index in [9.17, 15) is 5.26 Å². The highest BCUT2D eigenvalue weighted by Gasteiger charge is 2.37. The molecular weight excluding hydrogens is 631 g/mol. The first-order chi connectivity index (χ1) is 25.5. The topological polar surface area (TPSA) is 41.6 Å². The van der Waals surface area contributed by atoms with E-state index in [-0.39, 0.29) is 5.41 Å². The lowest BCUT2D eigenvalue weighted by Gasteiger charge is -2.21. The van der Waals surface area contributed by atoms with Gasteiger partial charge in [-0.05, 0) is 99.1 Å². The highest BCUT2D eigenvalue weighted by atomic mass is 15.0. The summed E-state index contributed by atoms with van der Waals surface area (Å²) in [5.41, 5.74) is 16.6. The molecule has 0 atom stereocenters. The molecule has 0 aliphatic heterocycles. The van der Waals surface area contributed by atoms with Crippen LogP contribution in [0.3, 0.4) is 0 Å². The molecule has 0 saturated heterocycles. The second-order valence-electron chi connectivity index (χ2n) is 14.3. The van der Waals surface area contributed by atoms with Gasteiger partial charge in [0, 0.05) is 32.8 Å². The van der Waals surface area contributed by atoms with Gasteiger partial charge < -0.3 is 4.57 Å². The predicted octanol–water partition coefficient (Wildman–Crippen LogP) is 12.5. The average molecular weight is 664 g/mol. The van der Waals surface area contributed by atoms with Gasteiger partial charge in [0.05, 0.1) is 33.9 Å². The maximum Gasteiger partial charge on any atom is 0.0991 e. The third kappa shape index (κ3) is 4.48. The van der Waals surface area contributed by atoms with E-state index >= 15 is 0 Å². The van der Waals surface area contributed by atoms with E-state index in [4.69, 9.17) is 4.98 Å². The molecule has 0 unspecified atom stereocenters. The number of fused-ring (bicyclic) bond motifs is 8. The van der Waals surface area contributed by atoms with Gasteiger partial charge in [0.15, 0.2) is 0 Å². The van der Waals surface area contributed by atoms with Crippen molar-refractivity contribution < 1.29 is 0 Å². The minimum absolute atomic E-state index is 0.0930. The molecule has 0 bridgehead atoms. The van der Waals surface area contributed by atoms with Gasteiger partial charge in [-0.15, -0.1) is 0 Å². The van der Waals surface area contributed by atoms with Gasteiger partial charge in [-0.1, -0.05) is 123 Å². The van der Waals surface area contributed by atoms with Crippen LogP contribution in [-0.2, 0) is 5.41 Å². The number of aromatic nitrogens is 2. The number of nitriles is 1. The Morgan fingerprint density at radius 2 is 1.25 bits per heavy atom. The Morgan fingerprint density at radius 1 is 0.538 bits per heavy atom. The summed E-state index contributed by atoms with van der Waals surface area (Å²) in [6, 6.07) is 60.5. The zero-order valence-corrected chi connectivity index (χ0v) is 28.9. The fraction of sp³-hybridized carbons (Fsp3) is 0.0612. The van der Waals surface area contributed by atoms with Gasteiger partial charge in [-0.3, -0.25) is 0 Å². The average Bonchev–Trinajstić information content (AvgIpc) is 3.66. The largest absolute Gasteiger partial charge is 0.309 e. The quantitative estimate of drug-likeness (QED) is 0.188. The lowest BCUT2D eigenvalue weighted by atomic mass is 9.82. The van der Waals surface area contributed by atoms with Crippen LogP contribution >= 0.6 is 0 Å². The summed E-state index contributed by atoms with van der Waals surface area (Å²) in [6.07, 6.45) is 0. The Hall–Kier alpha value is -6.76. The summed E-state index contributed by atoms with van der Waals surface area (Å²) in [5.74, 6) is 0. The molecule has 1 aliphatic rings. The van der Waals surface area contributed by atoms with Crippen LogP contribution in [-0.4, -0.2) is 9.55 Å². The zero-order valence-electron chi connectivity index (χ0n) is 28.9. The smallest absolute Gasteiger partial charge is 0.0991 e. The van der Waals surface area contributed by atoms with Crippen molar-refractivity contribution in [2.75, 3.05) is 0 Å². The fourth-order valence-electron chi connectivity index (χ4n) is 8.50. The number of hydrogen-bond donors (Lipinski definition) is 0. The van der Waals surface area contributed by atoms with Gasteiger partial charge in [0.1, 0.15) is 0 Å². The van der Waals surface area contributed by atoms with E-state index in [2.05, 4.69) is 164 Å². The summed E-state index contributed by atoms with van der Waals surface area (Å²) in [7, 11) is 0. The van der Waals surface area contributed by atoms with Crippen LogP contribution in [0.4, 0.5) is 0 Å². The molecule has 3 nitrogen and oxygen atoms in total. The highest BCUT2D eigenvalue weighted by Crippen LogP contribution is 2.53. The summed E-state index contributed by atoms with van der Waals surface area (Å²) < 4.78 is 2.43. The summed E-state index contributed by atoms with van der Waals surface area (Å²) in [6.45, 7) is 4.69. The van der Waals surface area contributed by atoms with Crippen molar-refractivity contribution in [1.82, 2.24) is 9.55 Å². The number of rotatable bonds is 4. The van der Waals surface area contributed by atoms with Gasteiger partial charge in [-0.2, -0.15) is 5.26 Å². The number of nitrogens with zero attached hydrogens (tertiary/aromatic N) is 3. The molecule has 0 spiro atoms. The summed E-state index contributed by atoms with van der Waals surface area (Å²) in [4.78, 5) is 5.28. The molecule has 0 amide bonds. The molecule has 52 heavy (non-hydrogen) atoms. The monoisotopic (exact) mass is 663 g/mol. The van der Waals surface area contributed by atoms with Crippen LogP contribution in [0.15, 0.2) is 164 Å². The summed E-state index contributed by atoms with van der Waals surface area (Å²) >= 11 is 0. The van der Waals surface area contributed by atoms with Crippen LogP contribution in [0, 0.1) is 11.3 Å². The van der Waals surface area contributed by atoms with Crippen LogP contribution in [0.2, 0.25) is 0 Å². The molecule has 1 aliphatic carbocycles. The van der Waals surface area contributed by atoms with E-state index in [0.717, 1.165) is 55.6 Å². The minimum atomic E-state index is -0.0930. The molecule has 9 aromatic rings. The molecule has 0 N–H and O–H groups in total. The standard InChI is InChI=1S/C49H33N3/c1-49(2)41-17-9-6-15-38(41)47-42(49)24-25-46-48(47)39-16-8-11-19-45(39)52(46)36-27-34(32-22-20-31(30-50)21-23-32)26-35(28-36)44-29-40(33-12-4-3-5-13-33)37-14-7-10-18-43(37)51-44/h3-29H,1-2H3. The molecule has 2 heterocycles. The Morgan fingerprint density at radius 3 is 2.08 bits per heavy atom. The van der Waals surface area contributed by atoms with Crippen molar-refractivity contribution in [3.8, 4) is 56.4 Å². The zero-order chi connectivity index (χ0) is 35.0. The first-order valence-electron chi connectivity index (χ1n) is 17.8. The van der Waals surface area contributed by atoms with Crippen molar-refractivity contribution in [2.45, 2.75) is 19.3 Å². The van der Waals surface area contributed by atoms with Gasteiger partial charge in [0.25, 0.3) is 0 Å². The van der Waals surface area contributed by atoms with Crippen molar-refractivity contribution in [3.05, 3.63) is 180 Å². The van der Waals surface area contributed by atoms with E-state index in [1.165, 1.54) is 38.5 Å². The van der Waals surface area contributed by atoms with Crippen LogP contribution in [0.25, 0.3) is 83.0 Å². The fourth-order valence-corrected chi connectivity index (χ4v) is 8.50. The van der Waals surface area contributed by atoms with Gasteiger partial charge in [-0.25, -0.2) is 4.98 Å². The lowest BCUT2D eigenvalue weighted by Crippen LogP contribution is -2.14. The Bertz CT molecular complexity index is 2920. The van der Waals surface area contributed by atoms with Crippen molar-refractivity contribution >= 4 is 32.7 Å². The molecular formula is C49H33N3. The van der Waals surface area contributed by atoms with Gasteiger partial charge in [0.2, 0.25) is 0 Å².